The fraction of sp³-hybridized carbons (Fsp3) is 0.533. The number of pyridine rings is 1. The lowest BCUT2D eigenvalue weighted by molar-refractivity contribution is -0.166. The minimum atomic E-state index is -0.941. The van der Waals surface area contributed by atoms with E-state index in [9.17, 15) is 9.90 Å². The van der Waals surface area contributed by atoms with Gasteiger partial charge in [-0.25, -0.2) is 4.79 Å². The zero-order valence-electron chi connectivity index (χ0n) is 23.4. The third-order valence-electron chi connectivity index (χ3n) is 6.66. The highest BCUT2D eigenvalue weighted by Crippen LogP contribution is 2.44. The maximum absolute atomic E-state index is 13.4. The van der Waals surface area contributed by atoms with E-state index in [4.69, 9.17) is 19.2 Å². The summed E-state index contributed by atoms with van der Waals surface area (Å²) in [6.45, 7) is 19.7. The Morgan fingerprint density at radius 2 is 1.81 bits per heavy atom. The quantitative estimate of drug-likeness (QED) is 0.325. The fourth-order valence-corrected chi connectivity index (χ4v) is 4.87. The van der Waals surface area contributed by atoms with E-state index in [2.05, 4.69) is 18.4 Å². The van der Waals surface area contributed by atoms with Crippen LogP contribution in [0.25, 0.3) is 11.1 Å². The number of esters is 1. The van der Waals surface area contributed by atoms with Crippen molar-refractivity contribution in [2.45, 2.75) is 78.6 Å². The second-order valence-electron chi connectivity index (χ2n) is 10.9. The minimum absolute atomic E-state index is 0.191. The standard InChI is InChI=1S/C30H42N2O5/c1-9-19-36-30(8)15-17-32(18-16-30)26-24(22-11-13-23(33)14-12-22)20(3)31-21(4)25(26)27(28(34)35-10-2)37-29(5,6)7/h9,11-14,27,33H,1,10,15-19H2,2-8H3/t27-/m0/s1. The topological polar surface area (TPSA) is 81.1 Å². The second kappa shape index (κ2) is 11.7. The largest absolute Gasteiger partial charge is 0.508 e. The van der Waals surface area contributed by atoms with Gasteiger partial charge in [-0.15, -0.1) is 6.58 Å². The van der Waals surface area contributed by atoms with Crippen LogP contribution in [0.3, 0.4) is 0 Å². The molecule has 2 aromatic rings. The van der Waals surface area contributed by atoms with E-state index in [0.717, 1.165) is 59.7 Å². The summed E-state index contributed by atoms with van der Waals surface area (Å²) >= 11 is 0. The molecule has 0 unspecified atom stereocenters. The number of hydrogen-bond donors (Lipinski definition) is 1. The van der Waals surface area contributed by atoms with Gasteiger partial charge in [0.05, 0.1) is 30.1 Å². The van der Waals surface area contributed by atoms with Crippen LogP contribution in [0.4, 0.5) is 5.69 Å². The molecule has 0 amide bonds. The van der Waals surface area contributed by atoms with Gasteiger partial charge >= 0.3 is 5.97 Å². The van der Waals surface area contributed by atoms with Crippen molar-refractivity contribution in [3.05, 3.63) is 53.9 Å². The molecule has 1 aromatic carbocycles. The summed E-state index contributed by atoms with van der Waals surface area (Å²) in [6.07, 6.45) is 2.48. The van der Waals surface area contributed by atoms with Gasteiger partial charge in [0.2, 0.25) is 0 Å². The number of anilines is 1. The number of nitrogens with zero attached hydrogens (tertiary/aromatic N) is 2. The van der Waals surface area contributed by atoms with Crippen LogP contribution in [0.5, 0.6) is 5.75 Å². The second-order valence-corrected chi connectivity index (χ2v) is 10.9. The normalized spacial score (nSPS) is 16.4. The van der Waals surface area contributed by atoms with Crippen molar-refractivity contribution >= 4 is 11.7 Å². The van der Waals surface area contributed by atoms with E-state index in [1.165, 1.54) is 0 Å². The number of rotatable bonds is 9. The Labute approximate surface area is 221 Å². The Hall–Kier alpha value is -2.90. The molecule has 7 heteroatoms. The van der Waals surface area contributed by atoms with Gasteiger partial charge in [-0.1, -0.05) is 18.2 Å². The summed E-state index contributed by atoms with van der Waals surface area (Å²) in [7, 11) is 0. The first-order valence-corrected chi connectivity index (χ1v) is 13.0. The van der Waals surface area contributed by atoms with Crippen LogP contribution in [-0.4, -0.2) is 53.6 Å². The van der Waals surface area contributed by atoms with Crippen LogP contribution in [0, 0.1) is 13.8 Å². The molecule has 3 rings (SSSR count). The number of aryl methyl sites for hydroxylation is 2. The molecule has 37 heavy (non-hydrogen) atoms. The first-order chi connectivity index (χ1) is 17.4. The number of phenols is 1. The highest BCUT2D eigenvalue weighted by molar-refractivity contribution is 5.88. The number of hydrogen-bond acceptors (Lipinski definition) is 7. The molecule has 1 aliphatic rings. The zero-order chi connectivity index (χ0) is 27.4. The van der Waals surface area contributed by atoms with Crippen LogP contribution in [0.1, 0.15) is 70.5 Å². The zero-order valence-corrected chi connectivity index (χ0v) is 23.4. The lowest BCUT2D eigenvalue weighted by Crippen LogP contribution is -2.45. The smallest absolute Gasteiger partial charge is 0.340 e. The maximum atomic E-state index is 13.4. The van der Waals surface area contributed by atoms with E-state index in [1.807, 2.05) is 46.8 Å². The van der Waals surface area contributed by atoms with Crippen molar-refractivity contribution in [3.63, 3.8) is 0 Å². The average Bonchev–Trinajstić information content (AvgIpc) is 2.82. The van der Waals surface area contributed by atoms with Gasteiger partial charge < -0.3 is 24.2 Å². The molecule has 7 nitrogen and oxygen atoms in total. The maximum Gasteiger partial charge on any atom is 0.340 e. The van der Waals surface area contributed by atoms with Gasteiger partial charge in [-0.3, -0.25) is 4.98 Å². The summed E-state index contributed by atoms with van der Waals surface area (Å²) in [6, 6.07) is 7.10. The van der Waals surface area contributed by atoms with E-state index in [1.54, 1.807) is 25.1 Å². The van der Waals surface area contributed by atoms with Crippen LogP contribution in [-0.2, 0) is 19.0 Å². The summed E-state index contributed by atoms with van der Waals surface area (Å²) in [5.74, 6) is -0.239. The Bertz CT molecular complexity index is 1100. The summed E-state index contributed by atoms with van der Waals surface area (Å²) < 4.78 is 18.0. The Morgan fingerprint density at radius 3 is 2.35 bits per heavy atom. The number of carbonyl (C=O) groups is 1. The molecule has 1 aliphatic heterocycles. The van der Waals surface area contributed by atoms with Gasteiger partial charge in [0, 0.05) is 35.6 Å². The number of benzene rings is 1. The highest BCUT2D eigenvalue weighted by Gasteiger charge is 2.38. The molecule has 2 heterocycles. The SMILES string of the molecule is C=CCOC1(C)CCN(c2c(-c3ccc(O)cc3)c(C)nc(C)c2[C@H](OC(C)(C)C)C(=O)OCC)CC1. The number of piperidine rings is 1. The lowest BCUT2D eigenvalue weighted by Gasteiger charge is -2.42. The Kier molecular flexibility index (Phi) is 9.03. The van der Waals surface area contributed by atoms with Gasteiger partial charge in [-0.05, 0) is 79.0 Å². The molecule has 0 saturated carbocycles. The van der Waals surface area contributed by atoms with Gasteiger partial charge in [0.15, 0.2) is 6.10 Å². The summed E-state index contributed by atoms with van der Waals surface area (Å²) in [5, 5.41) is 9.94. The van der Waals surface area contributed by atoms with E-state index in [-0.39, 0.29) is 18.0 Å². The molecule has 0 spiro atoms. The predicted molar refractivity (Wildman–Crippen MR) is 147 cm³/mol. The number of aromatic hydroxyl groups is 1. The van der Waals surface area contributed by atoms with Crippen LogP contribution in [0.2, 0.25) is 0 Å². The van der Waals surface area contributed by atoms with Crippen LogP contribution in [0.15, 0.2) is 36.9 Å². The third-order valence-corrected chi connectivity index (χ3v) is 6.66. The number of aromatic nitrogens is 1. The van der Waals surface area contributed by atoms with E-state index in [0.29, 0.717) is 6.61 Å². The van der Waals surface area contributed by atoms with Gasteiger partial charge in [0.1, 0.15) is 5.75 Å². The summed E-state index contributed by atoms with van der Waals surface area (Å²) in [5.41, 5.74) is 4.20. The molecule has 1 N–H and O–H groups in total. The van der Waals surface area contributed by atoms with E-state index < -0.39 is 17.7 Å². The molecule has 202 valence electrons. The van der Waals surface area contributed by atoms with Crippen molar-refractivity contribution in [1.82, 2.24) is 4.98 Å². The molecule has 0 radical (unpaired) electrons. The van der Waals surface area contributed by atoms with Crippen LogP contribution < -0.4 is 4.90 Å². The molecule has 1 fully saturated rings. The molecule has 0 bridgehead atoms. The monoisotopic (exact) mass is 510 g/mol. The average molecular weight is 511 g/mol. The molecule has 0 aliphatic carbocycles. The van der Waals surface area contributed by atoms with Gasteiger partial charge in [0.25, 0.3) is 0 Å². The lowest BCUT2D eigenvalue weighted by atomic mass is 9.89. The first-order valence-electron chi connectivity index (χ1n) is 13.0. The van der Waals surface area contributed by atoms with Crippen molar-refractivity contribution in [3.8, 4) is 16.9 Å². The molecule has 1 saturated heterocycles. The molecular formula is C30H42N2O5. The Balaban J connectivity index is 2.23. The molecule has 1 aromatic heterocycles. The third kappa shape index (κ3) is 6.90. The summed E-state index contributed by atoms with van der Waals surface area (Å²) in [4.78, 5) is 20.5. The fourth-order valence-electron chi connectivity index (χ4n) is 4.87. The number of phenolic OH excluding ortho intramolecular Hbond substituents is 1. The van der Waals surface area contributed by atoms with Crippen molar-refractivity contribution < 1.29 is 24.1 Å². The predicted octanol–water partition coefficient (Wildman–Crippen LogP) is 6.05. The van der Waals surface area contributed by atoms with Crippen molar-refractivity contribution in [2.24, 2.45) is 0 Å². The van der Waals surface area contributed by atoms with Crippen molar-refractivity contribution in [1.29, 1.82) is 0 Å². The molecule has 1 atom stereocenters. The van der Waals surface area contributed by atoms with Gasteiger partial charge in [-0.2, -0.15) is 0 Å². The Morgan fingerprint density at radius 1 is 1.19 bits per heavy atom. The number of carbonyl (C=O) groups excluding carboxylic acids is 1. The van der Waals surface area contributed by atoms with E-state index >= 15 is 0 Å². The number of ether oxygens (including phenoxy) is 3. The van der Waals surface area contributed by atoms with Crippen LogP contribution >= 0.6 is 0 Å². The molecular weight excluding hydrogens is 468 g/mol. The van der Waals surface area contributed by atoms with Crippen molar-refractivity contribution in [2.75, 3.05) is 31.2 Å². The first kappa shape index (κ1) is 28.7. The highest BCUT2D eigenvalue weighted by atomic mass is 16.6. The minimum Gasteiger partial charge on any atom is -0.508 e.